The van der Waals surface area contributed by atoms with Gasteiger partial charge in [-0.2, -0.15) is 0 Å². The number of rotatable bonds is 6. The van der Waals surface area contributed by atoms with Gasteiger partial charge in [0.2, 0.25) is 0 Å². The molecule has 0 saturated carbocycles. The van der Waals surface area contributed by atoms with Gasteiger partial charge in [0, 0.05) is 46.2 Å². The molecule has 0 spiro atoms. The molecule has 0 saturated heterocycles. The number of ketones is 1. The quantitative estimate of drug-likeness (QED) is 0.546. The number of hydrogen-bond acceptors (Lipinski definition) is 7. The van der Waals surface area contributed by atoms with E-state index in [0.29, 0.717) is 24.2 Å². The van der Waals surface area contributed by atoms with Gasteiger partial charge in [0.05, 0.1) is 18.1 Å². The van der Waals surface area contributed by atoms with Crippen molar-refractivity contribution in [1.82, 2.24) is 5.32 Å². The molecule has 5 nitrogen and oxygen atoms in total. The van der Waals surface area contributed by atoms with Crippen molar-refractivity contribution < 1.29 is 19.1 Å². The van der Waals surface area contributed by atoms with Crippen LogP contribution in [0, 0.1) is 0 Å². The Bertz CT molecular complexity index is 957. The minimum absolute atomic E-state index is 0.102. The fourth-order valence-electron chi connectivity index (χ4n) is 4.07. The summed E-state index contributed by atoms with van der Waals surface area (Å²) >= 11 is 3.25. The topological polar surface area (TPSA) is 64.6 Å². The maximum Gasteiger partial charge on any atom is 0.336 e. The maximum absolute atomic E-state index is 13.3. The molecule has 1 N–H and O–H groups in total. The van der Waals surface area contributed by atoms with Gasteiger partial charge < -0.3 is 14.8 Å². The van der Waals surface area contributed by atoms with Crippen LogP contribution in [0.3, 0.4) is 0 Å². The predicted octanol–water partition coefficient (Wildman–Crippen LogP) is 4.36. The largest absolute Gasteiger partial charge is 0.460 e. The summed E-state index contributed by atoms with van der Waals surface area (Å²) in [7, 11) is 1.57. The molecule has 152 valence electrons. The molecule has 1 aliphatic heterocycles. The molecule has 0 amide bonds. The molecule has 2 aliphatic rings. The minimum Gasteiger partial charge on any atom is -0.460 e. The molecule has 0 radical (unpaired) electrons. The molecule has 2 atom stereocenters. The number of allylic oxidation sites excluding steroid dienone is 3. The SMILES string of the molecule is COCCOC(=O)C1=C(C)NC2=C(C(=O)C[C@@H](c3cccs3)C2)[C@@H]1c1cccs1. The standard InChI is InChI=1S/C22H23NO4S2/c1-13-19(22(25)27-8-7-26-2)21(18-6-4-10-29-18)20-15(23-13)11-14(12-16(20)24)17-5-3-9-28-17/h3-6,9-10,14,21,23H,7-8,11-12H2,1-2H3/t14-,21+/m0/s1. The van der Waals surface area contributed by atoms with E-state index in [0.717, 1.165) is 22.7 Å². The molecule has 4 rings (SSSR count). The van der Waals surface area contributed by atoms with Crippen molar-refractivity contribution in [3.05, 3.63) is 67.3 Å². The molecule has 2 aromatic heterocycles. The Morgan fingerprint density at radius 1 is 1.14 bits per heavy atom. The zero-order valence-corrected chi connectivity index (χ0v) is 18.0. The Morgan fingerprint density at radius 3 is 2.52 bits per heavy atom. The van der Waals surface area contributed by atoms with Gasteiger partial charge in [0.1, 0.15) is 6.61 Å². The second-order valence-corrected chi connectivity index (χ2v) is 9.14. The first-order valence-electron chi connectivity index (χ1n) is 9.57. The normalized spacial score (nSPS) is 21.8. The Labute approximate surface area is 178 Å². The van der Waals surface area contributed by atoms with Crippen molar-refractivity contribution in [1.29, 1.82) is 0 Å². The fraction of sp³-hybridized carbons (Fsp3) is 0.364. The lowest BCUT2D eigenvalue weighted by Crippen LogP contribution is -2.36. The van der Waals surface area contributed by atoms with Crippen molar-refractivity contribution >= 4 is 34.4 Å². The molecule has 0 fully saturated rings. The first kappa shape index (κ1) is 20.1. The molecule has 7 heteroatoms. The van der Waals surface area contributed by atoms with Crippen LogP contribution in [-0.4, -0.2) is 32.1 Å². The number of nitrogens with one attached hydrogen (secondary N) is 1. The molecule has 0 unspecified atom stereocenters. The van der Waals surface area contributed by atoms with E-state index in [1.54, 1.807) is 29.8 Å². The van der Waals surface area contributed by atoms with Gasteiger partial charge >= 0.3 is 5.97 Å². The van der Waals surface area contributed by atoms with Crippen molar-refractivity contribution in [3.63, 3.8) is 0 Å². The average Bonchev–Trinajstić information content (AvgIpc) is 3.41. The molecule has 29 heavy (non-hydrogen) atoms. The Balaban J connectivity index is 1.71. The third-order valence-electron chi connectivity index (χ3n) is 5.34. The second kappa shape index (κ2) is 8.65. The molecule has 2 aromatic rings. The van der Waals surface area contributed by atoms with Crippen molar-refractivity contribution in [2.75, 3.05) is 20.3 Å². The van der Waals surface area contributed by atoms with Crippen molar-refractivity contribution in [2.24, 2.45) is 0 Å². The van der Waals surface area contributed by atoms with E-state index in [1.165, 1.54) is 4.88 Å². The van der Waals surface area contributed by atoms with E-state index in [9.17, 15) is 9.59 Å². The smallest absolute Gasteiger partial charge is 0.336 e. The third kappa shape index (κ3) is 3.95. The zero-order valence-electron chi connectivity index (χ0n) is 16.4. The van der Waals surface area contributed by atoms with Gasteiger partial charge in [0.15, 0.2) is 5.78 Å². The Hall–Kier alpha value is -2.22. The summed E-state index contributed by atoms with van der Waals surface area (Å²) in [5.41, 5.74) is 2.92. The highest BCUT2D eigenvalue weighted by Crippen LogP contribution is 2.47. The van der Waals surface area contributed by atoms with Crippen molar-refractivity contribution in [2.45, 2.75) is 31.6 Å². The van der Waals surface area contributed by atoms with E-state index in [-0.39, 0.29) is 24.2 Å². The number of methoxy groups -OCH3 is 1. The predicted molar refractivity (Wildman–Crippen MR) is 114 cm³/mol. The van der Waals surface area contributed by atoms with Crippen LogP contribution in [0.4, 0.5) is 0 Å². The van der Waals surface area contributed by atoms with Gasteiger partial charge in [-0.1, -0.05) is 12.1 Å². The number of carbonyl (C=O) groups excluding carboxylic acids is 2. The summed E-state index contributed by atoms with van der Waals surface area (Å²) < 4.78 is 10.4. The number of Topliss-reactive ketones (excluding diaryl/α,β-unsaturated/α-hetero) is 1. The average molecular weight is 430 g/mol. The molecule has 0 bridgehead atoms. The molecule has 0 aromatic carbocycles. The Kier molecular flexibility index (Phi) is 5.99. The van der Waals surface area contributed by atoms with Crippen LogP contribution in [0.25, 0.3) is 0 Å². The third-order valence-corrected chi connectivity index (χ3v) is 7.31. The van der Waals surface area contributed by atoms with Crippen LogP contribution >= 0.6 is 22.7 Å². The lowest BCUT2D eigenvalue weighted by atomic mass is 9.74. The first-order valence-corrected chi connectivity index (χ1v) is 11.3. The Morgan fingerprint density at radius 2 is 1.86 bits per heavy atom. The van der Waals surface area contributed by atoms with Crippen LogP contribution < -0.4 is 5.32 Å². The zero-order chi connectivity index (χ0) is 20.4. The van der Waals surface area contributed by atoms with Gasteiger partial charge in [-0.15, -0.1) is 22.7 Å². The first-order chi connectivity index (χ1) is 14.1. The van der Waals surface area contributed by atoms with Crippen molar-refractivity contribution in [3.8, 4) is 0 Å². The van der Waals surface area contributed by atoms with Gasteiger partial charge in [0.25, 0.3) is 0 Å². The summed E-state index contributed by atoms with van der Waals surface area (Å²) in [5, 5.41) is 7.39. The highest BCUT2D eigenvalue weighted by Gasteiger charge is 2.41. The summed E-state index contributed by atoms with van der Waals surface area (Å²) in [6, 6.07) is 8.05. The number of thiophene rings is 2. The summed E-state index contributed by atoms with van der Waals surface area (Å²) in [6.07, 6.45) is 1.24. The summed E-state index contributed by atoms with van der Waals surface area (Å²) in [6.45, 7) is 2.41. The highest BCUT2D eigenvalue weighted by molar-refractivity contribution is 7.10. The van der Waals surface area contributed by atoms with E-state index in [1.807, 2.05) is 35.9 Å². The number of ether oxygens (including phenoxy) is 2. The fourth-order valence-corrected chi connectivity index (χ4v) is 5.74. The lowest BCUT2D eigenvalue weighted by Gasteiger charge is -2.35. The van der Waals surface area contributed by atoms with Crippen LogP contribution in [0.5, 0.6) is 0 Å². The van der Waals surface area contributed by atoms with Crippen LogP contribution in [-0.2, 0) is 19.1 Å². The number of dihydropyridines is 1. The monoisotopic (exact) mass is 429 g/mol. The van der Waals surface area contributed by atoms with E-state index < -0.39 is 5.97 Å². The van der Waals surface area contributed by atoms with Gasteiger partial charge in [-0.05, 0) is 36.2 Å². The molecular weight excluding hydrogens is 406 g/mol. The second-order valence-electron chi connectivity index (χ2n) is 7.18. The van der Waals surface area contributed by atoms with Crippen LogP contribution in [0.1, 0.15) is 41.4 Å². The number of esters is 1. The number of carbonyl (C=O) groups is 2. The molecular formula is C22H23NO4S2. The van der Waals surface area contributed by atoms with Crippen LogP contribution in [0.2, 0.25) is 0 Å². The van der Waals surface area contributed by atoms with Gasteiger partial charge in [-0.25, -0.2) is 4.79 Å². The van der Waals surface area contributed by atoms with Gasteiger partial charge in [-0.3, -0.25) is 4.79 Å². The maximum atomic E-state index is 13.3. The molecule has 3 heterocycles. The number of hydrogen-bond donors (Lipinski definition) is 1. The summed E-state index contributed by atoms with van der Waals surface area (Å²) in [4.78, 5) is 28.4. The van der Waals surface area contributed by atoms with Crippen LogP contribution in [0.15, 0.2) is 57.6 Å². The summed E-state index contributed by atoms with van der Waals surface area (Å²) in [5.74, 6) is -0.491. The minimum atomic E-state index is -0.398. The van der Waals surface area contributed by atoms with E-state index in [2.05, 4.69) is 11.4 Å². The van der Waals surface area contributed by atoms with E-state index >= 15 is 0 Å². The molecule has 1 aliphatic carbocycles. The highest BCUT2D eigenvalue weighted by atomic mass is 32.1. The van der Waals surface area contributed by atoms with E-state index in [4.69, 9.17) is 9.47 Å². The lowest BCUT2D eigenvalue weighted by molar-refractivity contribution is -0.140.